The first-order chi connectivity index (χ1) is 12.7. The van der Waals surface area contributed by atoms with Gasteiger partial charge in [-0.05, 0) is 69.6 Å². The van der Waals surface area contributed by atoms with Crippen LogP contribution in [-0.4, -0.2) is 46.4 Å². The molecule has 146 valence electrons. The lowest BCUT2D eigenvalue weighted by Crippen LogP contribution is -2.40. The van der Waals surface area contributed by atoms with Crippen LogP contribution in [0.4, 0.5) is 19.0 Å². The highest BCUT2D eigenvalue weighted by Gasteiger charge is 2.31. The summed E-state index contributed by atoms with van der Waals surface area (Å²) in [6, 6.07) is 3.17. The molecule has 0 radical (unpaired) electrons. The van der Waals surface area contributed by atoms with Crippen molar-refractivity contribution < 1.29 is 18.3 Å². The number of benzene rings is 1. The summed E-state index contributed by atoms with van der Waals surface area (Å²) in [4.78, 5) is 2.26. The quantitative estimate of drug-likeness (QED) is 0.843. The van der Waals surface area contributed by atoms with Crippen LogP contribution in [0.25, 0.3) is 11.3 Å². The van der Waals surface area contributed by atoms with Crippen molar-refractivity contribution in [3.05, 3.63) is 34.9 Å². The topological polar surface area (TPSA) is 61.3 Å². The summed E-state index contributed by atoms with van der Waals surface area (Å²) in [6.07, 6.45) is -2.35. The zero-order valence-electron chi connectivity index (χ0n) is 15.6. The SMILES string of the molecule is Cc1c(N[C@H]2CCCN(C)C2)nnc(-c2ccc(C(F)(F)F)cc2O)c1C. The lowest BCUT2D eigenvalue weighted by molar-refractivity contribution is -0.137. The van der Waals surface area contributed by atoms with E-state index in [4.69, 9.17) is 0 Å². The van der Waals surface area contributed by atoms with Crippen molar-refractivity contribution in [2.75, 3.05) is 25.5 Å². The second kappa shape index (κ2) is 7.34. The van der Waals surface area contributed by atoms with Gasteiger partial charge in [-0.3, -0.25) is 0 Å². The first-order valence-electron chi connectivity index (χ1n) is 8.86. The predicted molar refractivity (Wildman–Crippen MR) is 97.8 cm³/mol. The number of likely N-dealkylation sites (tertiary alicyclic amines) is 1. The van der Waals surface area contributed by atoms with Crippen LogP contribution in [0.5, 0.6) is 5.75 Å². The molecule has 1 aliphatic heterocycles. The van der Waals surface area contributed by atoms with Crippen LogP contribution in [0, 0.1) is 13.8 Å². The van der Waals surface area contributed by atoms with Gasteiger partial charge >= 0.3 is 6.18 Å². The summed E-state index contributed by atoms with van der Waals surface area (Å²) < 4.78 is 38.4. The first kappa shape index (κ1) is 19.4. The molecule has 0 spiro atoms. The van der Waals surface area contributed by atoms with E-state index in [1.807, 2.05) is 13.8 Å². The minimum Gasteiger partial charge on any atom is -0.507 e. The Morgan fingerprint density at radius 3 is 2.56 bits per heavy atom. The number of phenolic OH excluding ortho intramolecular Hbond substituents is 1. The molecule has 2 aromatic rings. The molecule has 27 heavy (non-hydrogen) atoms. The van der Waals surface area contributed by atoms with Gasteiger partial charge in [0, 0.05) is 18.2 Å². The van der Waals surface area contributed by atoms with E-state index >= 15 is 0 Å². The van der Waals surface area contributed by atoms with Gasteiger partial charge in [0.1, 0.15) is 5.75 Å². The average molecular weight is 380 g/mol. The molecule has 3 rings (SSSR count). The summed E-state index contributed by atoms with van der Waals surface area (Å²) in [7, 11) is 2.08. The molecule has 1 fully saturated rings. The largest absolute Gasteiger partial charge is 0.507 e. The Labute approximate surface area is 156 Å². The van der Waals surface area contributed by atoms with Crippen LogP contribution < -0.4 is 5.32 Å². The molecule has 1 aromatic carbocycles. The van der Waals surface area contributed by atoms with Gasteiger partial charge in [-0.15, -0.1) is 10.2 Å². The maximum absolute atomic E-state index is 12.8. The number of likely N-dealkylation sites (N-methyl/N-ethyl adjacent to an activating group) is 1. The number of hydrogen-bond donors (Lipinski definition) is 2. The lowest BCUT2D eigenvalue weighted by atomic mass is 10.0. The second-order valence-corrected chi connectivity index (χ2v) is 7.12. The van der Waals surface area contributed by atoms with Crippen LogP contribution in [0.3, 0.4) is 0 Å². The van der Waals surface area contributed by atoms with Crippen LogP contribution in [-0.2, 0) is 6.18 Å². The summed E-state index contributed by atoms with van der Waals surface area (Å²) in [6.45, 7) is 5.72. The van der Waals surface area contributed by atoms with Crippen molar-refractivity contribution in [3.8, 4) is 17.0 Å². The first-order valence-corrected chi connectivity index (χ1v) is 8.86. The van der Waals surface area contributed by atoms with Crippen molar-refractivity contribution >= 4 is 5.82 Å². The number of alkyl halides is 3. The number of aromatic nitrogens is 2. The molecule has 1 atom stereocenters. The average Bonchev–Trinajstić information content (AvgIpc) is 2.59. The predicted octanol–water partition coefficient (Wildman–Crippen LogP) is 3.99. The van der Waals surface area contributed by atoms with E-state index in [1.54, 1.807) is 0 Å². The number of hydrogen-bond acceptors (Lipinski definition) is 5. The van der Waals surface area contributed by atoms with Gasteiger partial charge in [-0.1, -0.05) is 0 Å². The highest BCUT2D eigenvalue weighted by Crippen LogP contribution is 2.37. The minimum atomic E-state index is -4.51. The fraction of sp³-hybridized carbons (Fsp3) is 0.474. The molecule has 2 N–H and O–H groups in total. The third kappa shape index (κ3) is 4.16. The van der Waals surface area contributed by atoms with Crippen LogP contribution in [0.2, 0.25) is 0 Å². The highest BCUT2D eigenvalue weighted by atomic mass is 19.4. The van der Waals surface area contributed by atoms with Gasteiger partial charge < -0.3 is 15.3 Å². The van der Waals surface area contributed by atoms with Crippen molar-refractivity contribution in [1.29, 1.82) is 0 Å². The maximum Gasteiger partial charge on any atom is 0.416 e. The summed E-state index contributed by atoms with van der Waals surface area (Å²) in [5, 5.41) is 21.9. The van der Waals surface area contributed by atoms with Crippen molar-refractivity contribution in [2.45, 2.75) is 38.9 Å². The van der Waals surface area contributed by atoms with E-state index in [9.17, 15) is 18.3 Å². The van der Waals surface area contributed by atoms with Crippen molar-refractivity contribution in [3.63, 3.8) is 0 Å². The van der Waals surface area contributed by atoms with E-state index in [-0.39, 0.29) is 11.6 Å². The molecule has 0 aliphatic carbocycles. The Balaban J connectivity index is 1.89. The van der Waals surface area contributed by atoms with Gasteiger partial charge in [-0.2, -0.15) is 13.2 Å². The Morgan fingerprint density at radius 2 is 1.93 bits per heavy atom. The Kier molecular flexibility index (Phi) is 5.28. The van der Waals surface area contributed by atoms with E-state index in [2.05, 4.69) is 27.5 Å². The second-order valence-electron chi connectivity index (χ2n) is 7.12. The number of rotatable bonds is 3. The fourth-order valence-corrected chi connectivity index (χ4v) is 3.38. The molecule has 5 nitrogen and oxygen atoms in total. The lowest BCUT2D eigenvalue weighted by Gasteiger charge is -2.31. The van der Waals surface area contributed by atoms with Gasteiger partial charge in [0.15, 0.2) is 5.82 Å². The normalized spacial score (nSPS) is 18.5. The monoisotopic (exact) mass is 380 g/mol. The molecule has 0 unspecified atom stereocenters. The number of nitrogens with zero attached hydrogens (tertiary/aromatic N) is 3. The maximum atomic E-state index is 12.8. The van der Waals surface area contributed by atoms with Gasteiger partial charge in [0.25, 0.3) is 0 Å². The number of nitrogens with one attached hydrogen (secondary N) is 1. The van der Waals surface area contributed by atoms with E-state index in [0.29, 0.717) is 11.5 Å². The van der Waals surface area contributed by atoms with Crippen molar-refractivity contribution in [1.82, 2.24) is 15.1 Å². The Hall–Kier alpha value is -2.35. The molecular formula is C19H23F3N4O. The highest BCUT2D eigenvalue weighted by molar-refractivity contribution is 5.72. The van der Waals surface area contributed by atoms with Crippen LogP contribution >= 0.6 is 0 Å². The molecule has 0 bridgehead atoms. The summed E-state index contributed by atoms with van der Waals surface area (Å²) in [5.41, 5.74) is 1.36. The number of halogens is 3. The fourth-order valence-electron chi connectivity index (χ4n) is 3.38. The van der Waals surface area contributed by atoms with Gasteiger partial charge in [0.05, 0.1) is 11.3 Å². The molecule has 2 heterocycles. The molecule has 1 aliphatic rings. The van der Waals surface area contributed by atoms with Crippen molar-refractivity contribution in [2.24, 2.45) is 0 Å². The number of phenols is 1. The molecule has 0 saturated carbocycles. The number of piperidine rings is 1. The molecular weight excluding hydrogens is 357 g/mol. The number of anilines is 1. The molecule has 1 saturated heterocycles. The minimum absolute atomic E-state index is 0.236. The standard InChI is InChI=1S/C19H23F3N4O/c1-11-12(2)18(23-14-5-4-8-26(3)10-14)25-24-17(11)15-7-6-13(9-16(15)27)19(20,21)22/h6-7,9,14,27H,4-5,8,10H2,1-3H3,(H,23,25)/t14-/m0/s1. The molecule has 1 aromatic heterocycles. The molecule has 0 amide bonds. The van der Waals surface area contributed by atoms with Crippen LogP contribution in [0.1, 0.15) is 29.5 Å². The summed E-state index contributed by atoms with van der Waals surface area (Å²) in [5.74, 6) is 0.208. The van der Waals surface area contributed by atoms with E-state index in [1.165, 1.54) is 6.07 Å². The summed E-state index contributed by atoms with van der Waals surface area (Å²) >= 11 is 0. The number of aromatic hydroxyl groups is 1. The Morgan fingerprint density at radius 1 is 1.19 bits per heavy atom. The van der Waals surface area contributed by atoms with Gasteiger partial charge in [-0.25, -0.2) is 0 Å². The van der Waals surface area contributed by atoms with Gasteiger partial charge in [0.2, 0.25) is 0 Å². The zero-order valence-corrected chi connectivity index (χ0v) is 15.6. The smallest absolute Gasteiger partial charge is 0.416 e. The third-order valence-electron chi connectivity index (χ3n) is 5.07. The zero-order chi connectivity index (χ0) is 19.8. The van der Waals surface area contributed by atoms with E-state index in [0.717, 1.165) is 49.2 Å². The third-order valence-corrected chi connectivity index (χ3v) is 5.07. The van der Waals surface area contributed by atoms with E-state index < -0.39 is 17.5 Å². The molecule has 8 heteroatoms. The Bertz CT molecular complexity index is 838. The van der Waals surface area contributed by atoms with Crippen LogP contribution in [0.15, 0.2) is 18.2 Å².